The lowest BCUT2D eigenvalue weighted by molar-refractivity contribution is -0.149. The standard InChI is InChI=1S/C25H34N2O6/c1-6-27-16(3)14-19(28)22(24(27)29)23(18-8-9-20(31-4)21(15-18)32-5)26-12-10-17(11-13-26)25(30)33-7-2/h8-9,14-15,17,23,28H,6-7,10-13H2,1-5H3/t23-/m1/s1. The zero-order valence-electron chi connectivity index (χ0n) is 20.1. The van der Waals surface area contributed by atoms with E-state index in [2.05, 4.69) is 4.90 Å². The lowest BCUT2D eigenvalue weighted by atomic mass is 9.91. The molecule has 0 amide bonds. The number of aromatic hydroxyl groups is 1. The number of pyridine rings is 1. The molecule has 0 saturated carbocycles. The third-order valence-electron chi connectivity index (χ3n) is 6.35. The molecule has 1 aliphatic rings. The van der Waals surface area contributed by atoms with Gasteiger partial charge < -0.3 is 23.9 Å². The van der Waals surface area contributed by atoms with Gasteiger partial charge in [-0.05, 0) is 70.5 Å². The lowest BCUT2D eigenvalue weighted by Crippen LogP contribution is -2.42. The first-order valence-electron chi connectivity index (χ1n) is 11.4. The fraction of sp³-hybridized carbons (Fsp3) is 0.520. The summed E-state index contributed by atoms with van der Waals surface area (Å²) in [6, 6.07) is 6.67. The molecule has 8 nitrogen and oxygen atoms in total. The summed E-state index contributed by atoms with van der Waals surface area (Å²) in [5.41, 5.74) is 1.61. The molecule has 1 N–H and O–H groups in total. The monoisotopic (exact) mass is 458 g/mol. The van der Waals surface area contributed by atoms with Gasteiger partial charge in [0.25, 0.3) is 5.56 Å². The summed E-state index contributed by atoms with van der Waals surface area (Å²) in [4.78, 5) is 27.9. The summed E-state index contributed by atoms with van der Waals surface area (Å²) >= 11 is 0. The summed E-state index contributed by atoms with van der Waals surface area (Å²) in [5.74, 6) is 0.760. The topological polar surface area (TPSA) is 90.2 Å². The molecule has 0 radical (unpaired) electrons. The first-order valence-corrected chi connectivity index (χ1v) is 11.4. The van der Waals surface area contributed by atoms with E-state index in [0.717, 1.165) is 5.56 Å². The highest BCUT2D eigenvalue weighted by Gasteiger charge is 2.34. The summed E-state index contributed by atoms with van der Waals surface area (Å²) < 4.78 is 17.7. The van der Waals surface area contributed by atoms with Gasteiger partial charge in [-0.1, -0.05) is 6.07 Å². The van der Waals surface area contributed by atoms with E-state index in [1.165, 1.54) is 0 Å². The maximum Gasteiger partial charge on any atom is 0.309 e. The van der Waals surface area contributed by atoms with Gasteiger partial charge in [0.15, 0.2) is 11.5 Å². The zero-order chi connectivity index (χ0) is 24.1. The van der Waals surface area contributed by atoms with E-state index in [0.29, 0.717) is 61.8 Å². The Morgan fingerprint density at radius 3 is 2.36 bits per heavy atom. The van der Waals surface area contributed by atoms with Crippen LogP contribution in [-0.4, -0.2) is 54.5 Å². The van der Waals surface area contributed by atoms with E-state index in [-0.39, 0.29) is 23.2 Å². The maximum absolute atomic E-state index is 13.5. The molecule has 2 aromatic rings. The number of piperidine rings is 1. The molecule has 1 atom stereocenters. The minimum absolute atomic E-state index is 0.0329. The second-order valence-electron chi connectivity index (χ2n) is 8.21. The molecule has 33 heavy (non-hydrogen) atoms. The number of hydrogen-bond acceptors (Lipinski definition) is 7. The normalized spacial score (nSPS) is 15.8. The van der Waals surface area contributed by atoms with Crippen molar-refractivity contribution >= 4 is 5.97 Å². The maximum atomic E-state index is 13.5. The molecule has 8 heteroatoms. The van der Waals surface area contributed by atoms with E-state index in [9.17, 15) is 14.7 Å². The van der Waals surface area contributed by atoms with Crippen molar-refractivity contribution in [2.75, 3.05) is 33.9 Å². The van der Waals surface area contributed by atoms with Crippen molar-refractivity contribution in [1.29, 1.82) is 0 Å². The van der Waals surface area contributed by atoms with Crippen LogP contribution in [0.2, 0.25) is 0 Å². The summed E-state index contributed by atoms with van der Waals surface area (Å²) in [5, 5.41) is 10.9. The van der Waals surface area contributed by atoms with Crippen molar-refractivity contribution in [3.8, 4) is 17.2 Å². The number of nitrogens with zero attached hydrogens (tertiary/aromatic N) is 2. The molecule has 0 unspecified atom stereocenters. The summed E-state index contributed by atoms with van der Waals surface area (Å²) in [7, 11) is 3.13. The summed E-state index contributed by atoms with van der Waals surface area (Å²) in [6.45, 7) is 7.56. The van der Waals surface area contributed by atoms with Gasteiger partial charge in [-0.3, -0.25) is 14.5 Å². The van der Waals surface area contributed by atoms with Crippen LogP contribution in [-0.2, 0) is 16.1 Å². The number of aryl methyl sites for hydroxylation is 1. The van der Waals surface area contributed by atoms with Gasteiger partial charge in [0.1, 0.15) is 5.75 Å². The zero-order valence-corrected chi connectivity index (χ0v) is 20.1. The molecule has 0 aliphatic carbocycles. The first kappa shape index (κ1) is 24.6. The molecule has 1 aliphatic heterocycles. The lowest BCUT2D eigenvalue weighted by Gasteiger charge is -2.37. The highest BCUT2D eigenvalue weighted by molar-refractivity contribution is 5.72. The molecule has 1 saturated heterocycles. The van der Waals surface area contributed by atoms with Crippen molar-refractivity contribution in [3.05, 3.63) is 51.4 Å². The predicted molar refractivity (Wildman–Crippen MR) is 125 cm³/mol. The number of hydrogen-bond donors (Lipinski definition) is 1. The molecule has 180 valence electrons. The highest BCUT2D eigenvalue weighted by atomic mass is 16.5. The Balaban J connectivity index is 2.08. The third kappa shape index (κ3) is 5.00. The van der Waals surface area contributed by atoms with Crippen molar-refractivity contribution in [1.82, 2.24) is 9.47 Å². The van der Waals surface area contributed by atoms with E-state index < -0.39 is 6.04 Å². The van der Waals surface area contributed by atoms with Gasteiger partial charge in [-0.2, -0.15) is 0 Å². The number of aromatic nitrogens is 1. The molecule has 0 bridgehead atoms. The Morgan fingerprint density at radius 2 is 1.79 bits per heavy atom. The van der Waals surface area contributed by atoms with E-state index in [4.69, 9.17) is 14.2 Å². The summed E-state index contributed by atoms with van der Waals surface area (Å²) in [6.07, 6.45) is 1.24. The van der Waals surface area contributed by atoms with Crippen molar-refractivity contribution in [2.24, 2.45) is 5.92 Å². The van der Waals surface area contributed by atoms with Crippen LogP contribution >= 0.6 is 0 Å². The molecular weight excluding hydrogens is 424 g/mol. The van der Waals surface area contributed by atoms with E-state index in [1.807, 2.05) is 26.0 Å². The number of carbonyl (C=O) groups excluding carboxylic acids is 1. The van der Waals surface area contributed by atoms with Crippen molar-refractivity contribution in [3.63, 3.8) is 0 Å². The van der Waals surface area contributed by atoms with Gasteiger partial charge >= 0.3 is 5.97 Å². The number of ether oxygens (including phenoxy) is 3. The largest absolute Gasteiger partial charge is 0.507 e. The second kappa shape index (κ2) is 10.7. The minimum Gasteiger partial charge on any atom is -0.507 e. The van der Waals surface area contributed by atoms with Gasteiger partial charge in [0.2, 0.25) is 0 Å². The molecule has 1 fully saturated rings. The SMILES string of the molecule is CCOC(=O)C1CCN([C@H](c2ccc(OC)c(OC)c2)c2c(O)cc(C)n(CC)c2=O)CC1. The third-order valence-corrected chi connectivity index (χ3v) is 6.35. The van der Waals surface area contributed by atoms with Crippen LogP contribution in [0.3, 0.4) is 0 Å². The average molecular weight is 459 g/mol. The molecule has 1 aromatic carbocycles. The number of benzene rings is 1. The Labute approximate surface area is 194 Å². The van der Waals surface area contributed by atoms with Crippen LogP contribution in [0.25, 0.3) is 0 Å². The Bertz CT molecular complexity index is 1040. The molecule has 2 heterocycles. The van der Waals surface area contributed by atoms with Crippen LogP contribution < -0.4 is 15.0 Å². The number of likely N-dealkylation sites (tertiary alicyclic amines) is 1. The Morgan fingerprint density at radius 1 is 1.12 bits per heavy atom. The van der Waals surface area contributed by atoms with Gasteiger partial charge in [-0.15, -0.1) is 0 Å². The Hall–Kier alpha value is -3.00. The molecule has 1 aromatic heterocycles. The highest BCUT2D eigenvalue weighted by Crippen LogP contribution is 2.38. The fourth-order valence-corrected chi connectivity index (χ4v) is 4.66. The van der Waals surface area contributed by atoms with E-state index in [1.54, 1.807) is 37.8 Å². The molecule has 0 spiro atoms. The Kier molecular flexibility index (Phi) is 8.02. The van der Waals surface area contributed by atoms with Crippen LogP contribution in [0.4, 0.5) is 0 Å². The fourth-order valence-electron chi connectivity index (χ4n) is 4.66. The van der Waals surface area contributed by atoms with Crippen LogP contribution in [0.5, 0.6) is 17.2 Å². The van der Waals surface area contributed by atoms with Crippen LogP contribution in [0, 0.1) is 12.8 Å². The average Bonchev–Trinajstić information content (AvgIpc) is 2.81. The molecule has 3 rings (SSSR count). The van der Waals surface area contributed by atoms with Crippen LogP contribution in [0.1, 0.15) is 49.6 Å². The minimum atomic E-state index is -0.501. The number of rotatable bonds is 8. The van der Waals surface area contributed by atoms with E-state index >= 15 is 0 Å². The number of methoxy groups -OCH3 is 2. The van der Waals surface area contributed by atoms with Crippen molar-refractivity contribution in [2.45, 2.75) is 46.2 Å². The number of esters is 1. The smallest absolute Gasteiger partial charge is 0.309 e. The quantitative estimate of drug-likeness (QED) is 0.607. The number of carbonyl (C=O) groups is 1. The van der Waals surface area contributed by atoms with Gasteiger partial charge in [-0.25, -0.2) is 0 Å². The van der Waals surface area contributed by atoms with Crippen molar-refractivity contribution < 1.29 is 24.1 Å². The predicted octanol–water partition coefficient (Wildman–Crippen LogP) is 3.26. The van der Waals surface area contributed by atoms with Gasteiger partial charge in [0, 0.05) is 12.2 Å². The second-order valence-corrected chi connectivity index (χ2v) is 8.21. The van der Waals surface area contributed by atoms with Gasteiger partial charge in [0.05, 0.1) is 38.3 Å². The molecular formula is C25H34N2O6. The first-order chi connectivity index (χ1) is 15.9. The van der Waals surface area contributed by atoms with Crippen LogP contribution in [0.15, 0.2) is 29.1 Å².